The van der Waals surface area contributed by atoms with Gasteiger partial charge in [-0.25, -0.2) is 4.39 Å². The van der Waals surface area contributed by atoms with Crippen molar-refractivity contribution in [1.29, 1.82) is 0 Å². The van der Waals surface area contributed by atoms with Gasteiger partial charge in [0, 0.05) is 16.8 Å². The van der Waals surface area contributed by atoms with E-state index in [9.17, 15) is 19.1 Å². The summed E-state index contributed by atoms with van der Waals surface area (Å²) in [5, 5.41) is 11.5. The molecule has 1 atom stereocenters. The predicted molar refractivity (Wildman–Crippen MR) is 139 cm³/mol. The molecule has 1 amide bonds. The number of aryl methyl sites for hydroxylation is 1. The number of carbonyl (C=O) groups is 2. The molecule has 4 rings (SSSR count). The number of halogens is 1. The number of hydrogen-bond donors (Lipinski definition) is 1. The number of hydrogen-bond acceptors (Lipinski definition) is 4. The van der Waals surface area contributed by atoms with Gasteiger partial charge in [-0.15, -0.1) is 0 Å². The molecule has 1 unspecified atom stereocenters. The Hall–Kier alpha value is -3.93. The Labute approximate surface area is 210 Å². The fourth-order valence-electron chi connectivity index (χ4n) is 4.59. The average molecular weight is 488 g/mol. The molecule has 6 heteroatoms. The van der Waals surface area contributed by atoms with E-state index in [1.54, 1.807) is 18.2 Å². The van der Waals surface area contributed by atoms with Crippen LogP contribution in [0.1, 0.15) is 56.0 Å². The monoisotopic (exact) mass is 487 g/mol. The second-order valence-corrected chi connectivity index (χ2v) is 9.90. The number of rotatable bonds is 5. The first-order chi connectivity index (χ1) is 17.0. The third-order valence-corrected chi connectivity index (χ3v) is 6.39. The van der Waals surface area contributed by atoms with Gasteiger partial charge in [-0.3, -0.25) is 14.5 Å². The highest BCUT2D eigenvalue weighted by atomic mass is 19.1. The standard InChI is InChI=1S/C30H30FNO4/c1-6-36-24-16-11-19(17-23(24)30(3,4)5)27(33)25-26(22-10-8-7-9-18(22)2)32(29(35)28(25)34)21-14-12-20(31)13-15-21/h7-17,26,33H,6H2,1-5H3/b27-25+. The molecule has 1 N–H and O–H groups in total. The highest BCUT2D eigenvalue weighted by Gasteiger charge is 2.47. The third-order valence-electron chi connectivity index (χ3n) is 6.39. The van der Waals surface area contributed by atoms with Crippen molar-refractivity contribution in [3.8, 4) is 5.75 Å². The Morgan fingerprint density at radius 1 is 1.03 bits per heavy atom. The van der Waals surface area contributed by atoms with Gasteiger partial charge in [-0.2, -0.15) is 0 Å². The maximum absolute atomic E-state index is 13.6. The highest BCUT2D eigenvalue weighted by Crippen LogP contribution is 2.44. The molecule has 0 aliphatic carbocycles. The molecular weight excluding hydrogens is 457 g/mol. The number of anilines is 1. The van der Waals surface area contributed by atoms with E-state index < -0.39 is 23.5 Å². The SMILES string of the molecule is CCOc1ccc(/C(O)=C2\C(=O)C(=O)N(c3ccc(F)cc3)C2c2ccccc2C)cc1C(C)(C)C. The molecule has 0 aromatic heterocycles. The largest absolute Gasteiger partial charge is 0.507 e. The van der Waals surface area contributed by atoms with E-state index in [2.05, 4.69) is 0 Å². The molecule has 1 saturated heterocycles. The molecule has 3 aromatic rings. The molecule has 1 heterocycles. The lowest BCUT2D eigenvalue weighted by Gasteiger charge is -2.27. The van der Waals surface area contributed by atoms with Crippen LogP contribution in [0.2, 0.25) is 0 Å². The first kappa shape index (κ1) is 25.2. The molecule has 0 saturated carbocycles. The molecular formula is C30H30FNO4. The van der Waals surface area contributed by atoms with Crippen LogP contribution < -0.4 is 9.64 Å². The average Bonchev–Trinajstić information content (AvgIpc) is 3.09. The first-order valence-corrected chi connectivity index (χ1v) is 11.9. The highest BCUT2D eigenvalue weighted by molar-refractivity contribution is 6.51. The van der Waals surface area contributed by atoms with Gasteiger partial charge in [0.25, 0.3) is 11.7 Å². The number of Topliss-reactive ketones (excluding diaryl/α,β-unsaturated/α-hetero) is 1. The molecule has 186 valence electrons. The molecule has 1 fully saturated rings. The normalized spacial score (nSPS) is 17.5. The quantitative estimate of drug-likeness (QED) is 0.255. The number of carbonyl (C=O) groups excluding carboxylic acids is 2. The molecule has 5 nitrogen and oxygen atoms in total. The zero-order valence-electron chi connectivity index (χ0n) is 21.1. The molecule has 3 aromatic carbocycles. The lowest BCUT2D eigenvalue weighted by atomic mass is 9.84. The van der Waals surface area contributed by atoms with Gasteiger partial charge in [0.15, 0.2) is 0 Å². The third kappa shape index (κ3) is 4.51. The minimum absolute atomic E-state index is 0.0114. The Balaban J connectivity index is 1.96. The van der Waals surface area contributed by atoms with Gasteiger partial charge < -0.3 is 9.84 Å². The van der Waals surface area contributed by atoms with Crippen LogP contribution in [0.4, 0.5) is 10.1 Å². The van der Waals surface area contributed by atoms with Crippen LogP contribution in [0.15, 0.2) is 72.3 Å². The van der Waals surface area contributed by atoms with Crippen LogP contribution in [0, 0.1) is 12.7 Å². The Kier molecular flexibility index (Phi) is 6.72. The molecule has 0 spiro atoms. The van der Waals surface area contributed by atoms with Gasteiger partial charge in [-0.05, 0) is 72.9 Å². The van der Waals surface area contributed by atoms with Crippen LogP contribution in [-0.4, -0.2) is 23.4 Å². The van der Waals surface area contributed by atoms with E-state index >= 15 is 0 Å². The predicted octanol–water partition coefficient (Wildman–Crippen LogP) is 6.46. The summed E-state index contributed by atoms with van der Waals surface area (Å²) in [7, 11) is 0. The molecule has 1 aliphatic heterocycles. The zero-order chi connectivity index (χ0) is 26.2. The summed E-state index contributed by atoms with van der Waals surface area (Å²) in [5.41, 5.74) is 2.90. The molecule has 0 bridgehead atoms. The van der Waals surface area contributed by atoms with Crippen molar-refractivity contribution in [2.75, 3.05) is 11.5 Å². The summed E-state index contributed by atoms with van der Waals surface area (Å²) >= 11 is 0. The molecule has 1 aliphatic rings. The smallest absolute Gasteiger partial charge is 0.300 e. The van der Waals surface area contributed by atoms with E-state index in [-0.39, 0.29) is 16.7 Å². The maximum atomic E-state index is 13.6. The number of benzene rings is 3. The van der Waals surface area contributed by atoms with Crippen molar-refractivity contribution in [3.05, 3.63) is 100 Å². The van der Waals surface area contributed by atoms with Gasteiger partial charge >= 0.3 is 0 Å². The van der Waals surface area contributed by atoms with Gasteiger partial charge in [0.2, 0.25) is 0 Å². The number of aliphatic hydroxyl groups is 1. The topological polar surface area (TPSA) is 66.8 Å². The van der Waals surface area contributed by atoms with Crippen LogP contribution in [-0.2, 0) is 15.0 Å². The number of amides is 1. The van der Waals surface area contributed by atoms with Gasteiger partial charge in [0.1, 0.15) is 17.3 Å². The second kappa shape index (κ2) is 9.61. The van der Waals surface area contributed by atoms with E-state index in [1.807, 2.05) is 58.9 Å². The first-order valence-electron chi connectivity index (χ1n) is 11.9. The fourth-order valence-corrected chi connectivity index (χ4v) is 4.59. The Morgan fingerprint density at radius 2 is 1.69 bits per heavy atom. The minimum atomic E-state index is -0.874. The second-order valence-electron chi connectivity index (χ2n) is 9.90. The van der Waals surface area contributed by atoms with E-state index in [4.69, 9.17) is 4.74 Å². The van der Waals surface area contributed by atoms with Crippen molar-refractivity contribution >= 4 is 23.1 Å². The molecule has 0 radical (unpaired) electrons. The summed E-state index contributed by atoms with van der Waals surface area (Å²) in [5.74, 6) is -1.59. The maximum Gasteiger partial charge on any atom is 0.300 e. The van der Waals surface area contributed by atoms with E-state index in [0.29, 0.717) is 29.2 Å². The summed E-state index contributed by atoms with van der Waals surface area (Å²) in [6.45, 7) is 10.4. The number of ketones is 1. The van der Waals surface area contributed by atoms with Crippen molar-refractivity contribution in [1.82, 2.24) is 0 Å². The zero-order valence-corrected chi connectivity index (χ0v) is 21.1. The van der Waals surface area contributed by atoms with Crippen LogP contribution in [0.3, 0.4) is 0 Å². The lowest BCUT2D eigenvalue weighted by molar-refractivity contribution is -0.132. The van der Waals surface area contributed by atoms with E-state index in [1.165, 1.54) is 29.2 Å². The van der Waals surface area contributed by atoms with Crippen LogP contribution in [0.5, 0.6) is 5.75 Å². The number of aliphatic hydroxyl groups excluding tert-OH is 1. The van der Waals surface area contributed by atoms with Gasteiger partial charge in [0.05, 0.1) is 18.2 Å². The van der Waals surface area contributed by atoms with Crippen LogP contribution in [0.25, 0.3) is 5.76 Å². The summed E-state index contributed by atoms with van der Waals surface area (Å²) in [6, 6.07) is 17.2. The summed E-state index contributed by atoms with van der Waals surface area (Å²) in [6.07, 6.45) is 0. The van der Waals surface area contributed by atoms with Crippen molar-refractivity contribution < 1.29 is 23.8 Å². The van der Waals surface area contributed by atoms with Crippen molar-refractivity contribution in [2.45, 2.75) is 46.1 Å². The summed E-state index contributed by atoms with van der Waals surface area (Å²) < 4.78 is 19.4. The van der Waals surface area contributed by atoms with Crippen LogP contribution >= 0.6 is 0 Å². The summed E-state index contributed by atoms with van der Waals surface area (Å²) in [4.78, 5) is 28.1. The Morgan fingerprint density at radius 3 is 2.31 bits per heavy atom. The number of ether oxygens (including phenoxy) is 1. The Bertz CT molecular complexity index is 1350. The van der Waals surface area contributed by atoms with E-state index in [0.717, 1.165) is 11.1 Å². The lowest BCUT2D eigenvalue weighted by Crippen LogP contribution is -2.29. The number of nitrogens with zero attached hydrogens (tertiary/aromatic N) is 1. The van der Waals surface area contributed by atoms with Crippen molar-refractivity contribution in [3.63, 3.8) is 0 Å². The van der Waals surface area contributed by atoms with Gasteiger partial charge in [-0.1, -0.05) is 45.0 Å². The fraction of sp³-hybridized carbons (Fsp3) is 0.267. The molecule has 36 heavy (non-hydrogen) atoms. The minimum Gasteiger partial charge on any atom is -0.507 e. The van der Waals surface area contributed by atoms with Crippen molar-refractivity contribution in [2.24, 2.45) is 0 Å².